The minimum Gasteiger partial charge on any atom is -0.378 e. The Morgan fingerprint density at radius 3 is 2.52 bits per heavy atom. The molecule has 0 saturated carbocycles. The van der Waals surface area contributed by atoms with Gasteiger partial charge in [-0.25, -0.2) is 0 Å². The molecule has 0 atom stereocenters. The molecule has 0 unspecified atom stereocenters. The number of rotatable bonds is 4. The Balaban J connectivity index is 1.73. The van der Waals surface area contributed by atoms with Crippen molar-refractivity contribution in [2.75, 3.05) is 19.0 Å². The zero-order valence-electron chi connectivity index (χ0n) is 13.6. The van der Waals surface area contributed by atoms with Crippen LogP contribution in [0, 0.1) is 0 Å². The molecule has 1 amide bonds. The molecule has 2 aromatic carbocycles. The van der Waals surface area contributed by atoms with E-state index in [4.69, 9.17) is 0 Å². The number of amides is 1. The van der Waals surface area contributed by atoms with E-state index in [2.05, 4.69) is 10.4 Å². The van der Waals surface area contributed by atoms with Gasteiger partial charge in [0.1, 0.15) is 0 Å². The van der Waals surface area contributed by atoms with Crippen molar-refractivity contribution in [3.8, 4) is 0 Å². The van der Waals surface area contributed by atoms with Crippen LogP contribution >= 0.6 is 0 Å². The molecule has 0 bridgehead atoms. The van der Waals surface area contributed by atoms with E-state index in [1.807, 2.05) is 79.3 Å². The largest absolute Gasteiger partial charge is 0.378 e. The summed E-state index contributed by atoms with van der Waals surface area (Å²) in [4.78, 5) is 14.3. The molecule has 0 fully saturated rings. The van der Waals surface area contributed by atoms with Crippen molar-refractivity contribution in [3.63, 3.8) is 0 Å². The van der Waals surface area contributed by atoms with Crippen LogP contribution < -0.4 is 10.2 Å². The lowest BCUT2D eigenvalue weighted by atomic mass is 10.1. The number of benzene rings is 2. The van der Waals surface area contributed by atoms with E-state index in [0.29, 0.717) is 12.1 Å². The molecule has 1 N–H and O–H groups in total. The lowest BCUT2D eigenvalue weighted by Crippen LogP contribution is -2.23. The fourth-order valence-corrected chi connectivity index (χ4v) is 2.60. The Kier molecular flexibility index (Phi) is 4.02. The van der Waals surface area contributed by atoms with Crippen molar-refractivity contribution in [1.29, 1.82) is 0 Å². The Bertz CT molecular complexity index is 834. The summed E-state index contributed by atoms with van der Waals surface area (Å²) < 4.78 is 1.84. The van der Waals surface area contributed by atoms with Crippen LogP contribution in [-0.2, 0) is 13.6 Å². The molecule has 0 aliphatic heterocycles. The van der Waals surface area contributed by atoms with Crippen molar-refractivity contribution < 1.29 is 4.79 Å². The predicted molar refractivity (Wildman–Crippen MR) is 92.7 cm³/mol. The van der Waals surface area contributed by atoms with Gasteiger partial charge >= 0.3 is 0 Å². The van der Waals surface area contributed by atoms with Crippen molar-refractivity contribution in [3.05, 3.63) is 59.8 Å². The van der Waals surface area contributed by atoms with Gasteiger partial charge in [-0.3, -0.25) is 9.48 Å². The summed E-state index contributed by atoms with van der Waals surface area (Å²) in [5.74, 6) is -0.0926. The van der Waals surface area contributed by atoms with Crippen molar-refractivity contribution in [2.45, 2.75) is 6.54 Å². The van der Waals surface area contributed by atoms with E-state index in [1.54, 1.807) is 0 Å². The summed E-state index contributed by atoms with van der Waals surface area (Å²) in [5.41, 5.74) is 3.65. The van der Waals surface area contributed by atoms with E-state index in [9.17, 15) is 4.79 Å². The van der Waals surface area contributed by atoms with Crippen LogP contribution in [0.3, 0.4) is 0 Å². The van der Waals surface area contributed by atoms with Crippen LogP contribution in [0.4, 0.5) is 5.69 Å². The number of nitrogens with one attached hydrogen (secondary N) is 1. The molecule has 0 aliphatic rings. The zero-order chi connectivity index (χ0) is 16.4. The van der Waals surface area contributed by atoms with Crippen LogP contribution in [0.15, 0.2) is 48.5 Å². The predicted octanol–water partition coefficient (Wildman–Crippen LogP) is 2.57. The van der Waals surface area contributed by atoms with Crippen LogP contribution in [0.25, 0.3) is 10.9 Å². The van der Waals surface area contributed by atoms with Gasteiger partial charge in [0, 0.05) is 37.8 Å². The average Bonchev–Trinajstić information content (AvgIpc) is 2.89. The fraction of sp³-hybridized carbons (Fsp3) is 0.222. The van der Waals surface area contributed by atoms with Crippen LogP contribution in [0.5, 0.6) is 0 Å². The molecule has 0 radical (unpaired) electrons. The molecule has 118 valence electrons. The molecular formula is C18H20N4O. The number of para-hydroxylation sites is 1. The molecule has 5 heteroatoms. The van der Waals surface area contributed by atoms with Gasteiger partial charge in [0.25, 0.3) is 5.91 Å². The molecule has 1 heterocycles. The molecule has 0 saturated heterocycles. The first-order valence-corrected chi connectivity index (χ1v) is 7.52. The molecule has 1 aromatic heterocycles. The highest BCUT2D eigenvalue weighted by molar-refractivity contribution is 5.94. The van der Waals surface area contributed by atoms with Crippen LogP contribution in [-0.4, -0.2) is 29.8 Å². The van der Waals surface area contributed by atoms with Gasteiger partial charge in [0.2, 0.25) is 0 Å². The summed E-state index contributed by atoms with van der Waals surface area (Å²) in [7, 11) is 5.86. The van der Waals surface area contributed by atoms with Crippen molar-refractivity contribution in [1.82, 2.24) is 15.1 Å². The maximum atomic E-state index is 12.3. The first-order chi connectivity index (χ1) is 11.1. The normalized spacial score (nSPS) is 10.7. The Hall–Kier alpha value is -2.82. The summed E-state index contributed by atoms with van der Waals surface area (Å²) in [6, 6.07) is 15.6. The smallest absolute Gasteiger partial charge is 0.251 e. The Morgan fingerprint density at radius 1 is 1.13 bits per heavy atom. The van der Waals surface area contributed by atoms with E-state index in [0.717, 1.165) is 22.3 Å². The van der Waals surface area contributed by atoms with Gasteiger partial charge in [0.15, 0.2) is 0 Å². The zero-order valence-corrected chi connectivity index (χ0v) is 13.6. The number of carbonyl (C=O) groups excluding carboxylic acids is 1. The number of hydrogen-bond acceptors (Lipinski definition) is 3. The van der Waals surface area contributed by atoms with Crippen molar-refractivity contribution in [2.24, 2.45) is 7.05 Å². The number of aryl methyl sites for hydroxylation is 1. The summed E-state index contributed by atoms with van der Waals surface area (Å²) in [5, 5.41) is 8.50. The van der Waals surface area contributed by atoms with Gasteiger partial charge in [0.05, 0.1) is 17.8 Å². The second-order valence-corrected chi connectivity index (χ2v) is 5.71. The maximum Gasteiger partial charge on any atom is 0.251 e. The topological polar surface area (TPSA) is 50.2 Å². The van der Waals surface area contributed by atoms with Gasteiger partial charge in [-0.15, -0.1) is 0 Å². The molecule has 0 aliphatic carbocycles. The Labute approximate surface area is 135 Å². The van der Waals surface area contributed by atoms with Gasteiger partial charge in [-0.05, 0) is 30.3 Å². The molecule has 3 aromatic rings. The second kappa shape index (κ2) is 6.12. The molecule has 3 rings (SSSR count). The lowest BCUT2D eigenvalue weighted by Gasteiger charge is -2.12. The average molecular weight is 308 g/mol. The molecular weight excluding hydrogens is 288 g/mol. The number of fused-ring (bicyclic) bond motifs is 1. The highest BCUT2D eigenvalue weighted by Gasteiger charge is 2.10. The minimum absolute atomic E-state index is 0.0926. The lowest BCUT2D eigenvalue weighted by molar-refractivity contribution is 0.0950. The third-order valence-electron chi connectivity index (χ3n) is 3.90. The van der Waals surface area contributed by atoms with Gasteiger partial charge < -0.3 is 10.2 Å². The summed E-state index contributed by atoms with van der Waals surface area (Å²) in [6.45, 7) is 0.412. The summed E-state index contributed by atoms with van der Waals surface area (Å²) >= 11 is 0. The molecule has 23 heavy (non-hydrogen) atoms. The van der Waals surface area contributed by atoms with Gasteiger partial charge in [-0.1, -0.05) is 18.2 Å². The number of hydrogen-bond donors (Lipinski definition) is 1. The van der Waals surface area contributed by atoms with Crippen molar-refractivity contribution >= 4 is 22.5 Å². The van der Waals surface area contributed by atoms with Crippen LogP contribution in [0.2, 0.25) is 0 Å². The van der Waals surface area contributed by atoms with E-state index in [-0.39, 0.29) is 5.91 Å². The van der Waals surface area contributed by atoms with E-state index >= 15 is 0 Å². The SMILES string of the molecule is CN(C)c1ccc(C(=O)NCc2nn(C)c3ccccc23)cc1. The van der Waals surface area contributed by atoms with Gasteiger partial charge in [-0.2, -0.15) is 5.10 Å². The maximum absolute atomic E-state index is 12.3. The minimum atomic E-state index is -0.0926. The summed E-state index contributed by atoms with van der Waals surface area (Å²) in [6.07, 6.45) is 0. The quantitative estimate of drug-likeness (QED) is 0.806. The van der Waals surface area contributed by atoms with E-state index < -0.39 is 0 Å². The highest BCUT2D eigenvalue weighted by Crippen LogP contribution is 2.17. The van der Waals surface area contributed by atoms with Crippen LogP contribution in [0.1, 0.15) is 16.1 Å². The molecule has 0 spiro atoms. The second-order valence-electron chi connectivity index (χ2n) is 5.71. The fourth-order valence-electron chi connectivity index (χ4n) is 2.60. The first-order valence-electron chi connectivity index (χ1n) is 7.52. The Morgan fingerprint density at radius 2 is 1.83 bits per heavy atom. The third-order valence-corrected chi connectivity index (χ3v) is 3.90. The van der Waals surface area contributed by atoms with E-state index in [1.165, 1.54) is 0 Å². The number of carbonyl (C=O) groups is 1. The highest BCUT2D eigenvalue weighted by atomic mass is 16.1. The third kappa shape index (κ3) is 3.04. The molecule has 5 nitrogen and oxygen atoms in total. The standard InChI is InChI=1S/C18H20N4O/c1-21(2)14-10-8-13(9-11-14)18(23)19-12-16-15-6-4-5-7-17(15)22(3)20-16/h4-11H,12H2,1-3H3,(H,19,23). The monoisotopic (exact) mass is 308 g/mol. The first kappa shape index (κ1) is 15.1. The number of anilines is 1. The number of aromatic nitrogens is 2. The number of nitrogens with zero attached hydrogens (tertiary/aromatic N) is 3.